The molecule has 0 N–H and O–H groups in total. The van der Waals surface area contributed by atoms with Gasteiger partial charge in [-0.3, -0.25) is 4.98 Å². The van der Waals surface area contributed by atoms with E-state index in [0.29, 0.717) is 5.41 Å². The minimum absolute atomic E-state index is 0.157. The second kappa shape index (κ2) is 5.79. The molecule has 2 aromatic rings. The van der Waals surface area contributed by atoms with Crippen molar-refractivity contribution >= 4 is 10.9 Å². The number of aryl methyl sites for hydroxylation is 1. The molecule has 0 saturated carbocycles. The van der Waals surface area contributed by atoms with Gasteiger partial charge >= 0.3 is 0 Å². The first kappa shape index (κ1) is 16.0. The van der Waals surface area contributed by atoms with E-state index in [2.05, 4.69) is 77.0 Å². The minimum Gasteiger partial charge on any atom is -0.256 e. The van der Waals surface area contributed by atoms with Crippen molar-refractivity contribution in [3.63, 3.8) is 0 Å². The number of rotatable bonds is 5. The van der Waals surface area contributed by atoms with E-state index in [1.54, 1.807) is 0 Å². The Morgan fingerprint density at radius 2 is 1.76 bits per heavy atom. The molecule has 21 heavy (non-hydrogen) atoms. The molecule has 1 nitrogen and oxygen atoms in total. The van der Waals surface area contributed by atoms with Crippen LogP contribution in [0.5, 0.6) is 0 Å². The molecule has 0 amide bonds. The zero-order valence-corrected chi connectivity index (χ0v) is 14.5. The van der Waals surface area contributed by atoms with Gasteiger partial charge in [0.1, 0.15) is 0 Å². The Kier molecular flexibility index (Phi) is 4.41. The first-order valence-corrected chi connectivity index (χ1v) is 8.10. The van der Waals surface area contributed by atoms with Gasteiger partial charge in [-0.15, -0.1) is 0 Å². The molecule has 1 heteroatoms. The standard InChI is InChI=1S/C20H29N/c1-7-10-19(3,4)14-20(5,6)17-12-16-9-8-15(2)11-18(16)21-13-17/h8-9,11-13H,7,10,14H2,1-6H3. The summed E-state index contributed by atoms with van der Waals surface area (Å²) in [6.07, 6.45) is 5.78. The fourth-order valence-corrected chi connectivity index (χ4v) is 3.67. The predicted molar refractivity (Wildman–Crippen MR) is 92.8 cm³/mol. The smallest absolute Gasteiger partial charge is 0.0704 e. The number of pyridine rings is 1. The molecule has 0 aliphatic heterocycles. The molecule has 0 bridgehead atoms. The summed E-state index contributed by atoms with van der Waals surface area (Å²) >= 11 is 0. The molecule has 0 saturated heterocycles. The van der Waals surface area contributed by atoms with E-state index in [9.17, 15) is 0 Å². The largest absolute Gasteiger partial charge is 0.256 e. The van der Waals surface area contributed by atoms with Gasteiger partial charge in [-0.2, -0.15) is 0 Å². The first-order valence-electron chi connectivity index (χ1n) is 8.10. The van der Waals surface area contributed by atoms with Gasteiger partial charge in [0.15, 0.2) is 0 Å². The summed E-state index contributed by atoms with van der Waals surface area (Å²) in [6, 6.07) is 8.84. The molecule has 0 aliphatic rings. The van der Waals surface area contributed by atoms with Gasteiger partial charge in [0, 0.05) is 11.6 Å². The van der Waals surface area contributed by atoms with Crippen molar-refractivity contribution in [3.05, 3.63) is 41.6 Å². The molecule has 1 aromatic heterocycles. The Morgan fingerprint density at radius 1 is 1.05 bits per heavy atom. The van der Waals surface area contributed by atoms with E-state index >= 15 is 0 Å². The molecule has 0 atom stereocenters. The van der Waals surface area contributed by atoms with Gasteiger partial charge in [0.25, 0.3) is 0 Å². The average Bonchev–Trinajstić information content (AvgIpc) is 2.36. The van der Waals surface area contributed by atoms with Crippen LogP contribution in [0, 0.1) is 12.3 Å². The van der Waals surface area contributed by atoms with Gasteiger partial charge < -0.3 is 0 Å². The van der Waals surface area contributed by atoms with Crippen molar-refractivity contribution in [2.45, 2.75) is 66.2 Å². The van der Waals surface area contributed by atoms with Crippen molar-refractivity contribution in [1.82, 2.24) is 4.98 Å². The van der Waals surface area contributed by atoms with Crippen LogP contribution in [-0.4, -0.2) is 4.98 Å². The third kappa shape index (κ3) is 3.84. The summed E-state index contributed by atoms with van der Waals surface area (Å²) < 4.78 is 0. The van der Waals surface area contributed by atoms with Crippen LogP contribution < -0.4 is 0 Å². The Hall–Kier alpha value is -1.37. The average molecular weight is 283 g/mol. The Morgan fingerprint density at radius 3 is 2.43 bits per heavy atom. The maximum absolute atomic E-state index is 4.68. The van der Waals surface area contributed by atoms with Gasteiger partial charge in [-0.05, 0) is 53.9 Å². The van der Waals surface area contributed by atoms with Gasteiger partial charge in [0.2, 0.25) is 0 Å². The third-order valence-corrected chi connectivity index (χ3v) is 4.47. The van der Waals surface area contributed by atoms with Gasteiger partial charge in [-0.1, -0.05) is 53.2 Å². The Labute approximate surface area is 129 Å². The molecule has 1 aromatic carbocycles. The third-order valence-electron chi connectivity index (χ3n) is 4.47. The van der Waals surface area contributed by atoms with E-state index in [1.165, 1.54) is 35.8 Å². The summed E-state index contributed by atoms with van der Waals surface area (Å²) in [4.78, 5) is 4.68. The number of nitrogens with zero attached hydrogens (tertiary/aromatic N) is 1. The summed E-state index contributed by atoms with van der Waals surface area (Å²) in [5, 5.41) is 1.25. The molecule has 0 spiro atoms. The lowest BCUT2D eigenvalue weighted by Gasteiger charge is -2.35. The molecular weight excluding hydrogens is 254 g/mol. The van der Waals surface area contributed by atoms with Crippen LogP contribution in [0.25, 0.3) is 10.9 Å². The van der Waals surface area contributed by atoms with Gasteiger partial charge in [0.05, 0.1) is 5.52 Å². The minimum atomic E-state index is 0.157. The van der Waals surface area contributed by atoms with Crippen LogP contribution in [0.2, 0.25) is 0 Å². The predicted octanol–water partition coefficient (Wildman–Crippen LogP) is 6.04. The quantitative estimate of drug-likeness (QED) is 0.652. The maximum atomic E-state index is 4.68. The van der Waals surface area contributed by atoms with Crippen molar-refractivity contribution < 1.29 is 0 Å². The molecule has 114 valence electrons. The van der Waals surface area contributed by atoms with Crippen LogP contribution >= 0.6 is 0 Å². The molecular formula is C20H29N. The van der Waals surface area contributed by atoms with Crippen molar-refractivity contribution in [3.8, 4) is 0 Å². The second-order valence-electron chi connectivity index (χ2n) is 7.90. The summed E-state index contributed by atoms with van der Waals surface area (Å²) in [5.74, 6) is 0. The topological polar surface area (TPSA) is 12.9 Å². The maximum Gasteiger partial charge on any atom is 0.0704 e. The highest BCUT2D eigenvalue weighted by molar-refractivity contribution is 5.79. The summed E-state index contributed by atoms with van der Waals surface area (Å²) in [5.41, 5.74) is 4.25. The SMILES string of the molecule is CCCC(C)(C)CC(C)(C)c1cnc2cc(C)ccc2c1. The number of benzene rings is 1. The Balaban J connectivity index is 2.33. The normalized spacial score (nSPS) is 12.9. The number of hydrogen-bond donors (Lipinski definition) is 0. The summed E-state index contributed by atoms with van der Waals surface area (Å²) in [7, 11) is 0. The monoisotopic (exact) mass is 283 g/mol. The summed E-state index contributed by atoms with van der Waals surface area (Å²) in [6.45, 7) is 13.9. The highest BCUT2D eigenvalue weighted by atomic mass is 14.7. The van der Waals surface area contributed by atoms with Crippen LogP contribution in [0.3, 0.4) is 0 Å². The van der Waals surface area contributed by atoms with Crippen molar-refractivity contribution in [2.24, 2.45) is 5.41 Å². The number of hydrogen-bond acceptors (Lipinski definition) is 1. The first-order chi connectivity index (χ1) is 9.73. The van der Waals surface area contributed by atoms with E-state index in [1.807, 2.05) is 0 Å². The number of fused-ring (bicyclic) bond motifs is 1. The molecule has 2 rings (SSSR count). The molecule has 0 fully saturated rings. The molecule has 0 aliphatic carbocycles. The lowest BCUT2D eigenvalue weighted by Crippen LogP contribution is -2.26. The molecule has 1 heterocycles. The highest BCUT2D eigenvalue weighted by Crippen LogP contribution is 2.39. The lowest BCUT2D eigenvalue weighted by molar-refractivity contribution is 0.237. The van der Waals surface area contributed by atoms with Crippen LogP contribution in [0.4, 0.5) is 0 Å². The lowest BCUT2D eigenvalue weighted by atomic mass is 9.70. The molecule has 0 unspecified atom stereocenters. The fourth-order valence-electron chi connectivity index (χ4n) is 3.67. The van der Waals surface area contributed by atoms with E-state index in [0.717, 1.165) is 5.52 Å². The zero-order valence-electron chi connectivity index (χ0n) is 14.5. The fraction of sp³-hybridized carbons (Fsp3) is 0.550. The van der Waals surface area contributed by atoms with Crippen LogP contribution in [-0.2, 0) is 5.41 Å². The van der Waals surface area contributed by atoms with E-state index < -0.39 is 0 Å². The van der Waals surface area contributed by atoms with Gasteiger partial charge in [-0.25, -0.2) is 0 Å². The molecule has 0 radical (unpaired) electrons. The Bertz CT molecular complexity index is 623. The number of aromatic nitrogens is 1. The van der Waals surface area contributed by atoms with Crippen molar-refractivity contribution in [1.29, 1.82) is 0 Å². The van der Waals surface area contributed by atoms with E-state index in [-0.39, 0.29) is 5.41 Å². The van der Waals surface area contributed by atoms with Crippen LogP contribution in [0.15, 0.2) is 30.5 Å². The van der Waals surface area contributed by atoms with E-state index in [4.69, 9.17) is 0 Å². The van der Waals surface area contributed by atoms with Crippen molar-refractivity contribution in [2.75, 3.05) is 0 Å². The zero-order chi connectivity index (χ0) is 15.7. The second-order valence-corrected chi connectivity index (χ2v) is 7.90. The highest BCUT2D eigenvalue weighted by Gasteiger charge is 2.30. The van der Waals surface area contributed by atoms with Crippen LogP contribution in [0.1, 0.15) is 65.0 Å².